The van der Waals surface area contributed by atoms with Crippen LogP contribution in [-0.2, 0) is 0 Å². The highest BCUT2D eigenvalue weighted by Crippen LogP contribution is 2.28. The number of hydrogen-bond donors (Lipinski definition) is 2. The summed E-state index contributed by atoms with van der Waals surface area (Å²) in [4.78, 5) is 29.6. The van der Waals surface area contributed by atoms with Crippen LogP contribution in [0, 0.1) is 11.3 Å². The Hall–Kier alpha value is -3.14. The van der Waals surface area contributed by atoms with Gasteiger partial charge in [0.15, 0.2) is 0 Å². The Morgan fingerprint density at radius 2 is 2.19 bits per heavy atom. The molecule has 2 N–H and O–H groups in total. The fraction of sp³-hybridized carbons (Fsp3) is 0.368. The summed E-state index contributed by atoms with van der Waals surface area (Å²) in [5, 5.41) is 9.85. The van der Waals surface area contributed by atoms with Crippen molar-refractivity contribution in [2.75, 3.05) is 6.54 Å². The molecule has 0 spiro atoms. The van der Waals surface area contributed by atoms with E-state index in [4.69, 9.17) is 5.26 Å². The van der Waals surface area contributed by atoms with Gasteiger partial charge in [0.1, 0.15) is 17.7 Å². The third-order valence-electron chi connectivity index (χ3n) is 5.03. The van der Waals surface area contributed by atoms with Crippen molar-refractivity contribution < 1.29 is 7.65 Å². The molecule has 0 unspecified atom stereocenters. The van der Waals surface area contributed by atoms with E-state index in [1.54, 1.807) is 6.20 Å². The van der Waals surface area contributed by atoms with Crippen molar-refractivity contribution in [1.29, 1.82) is 5.26 Å². The van der Waals surface area contributed by atoms with Gasteiger partial charge in [0, 0.05) is 38.8 Å². The Labute approximate surface area is 154 Å². The molecule has 0 saturated heterocycles. The highest BCUT2D eigenvalue weighted by molar-refractivity contribution is 5.96. The highest BCUT2D eigenvalue weighted by atomic mass is 16.2. The molecular formula is C19H24N6O. The minimum absolute atomic E-state index is 0. The number of nitrogens with zero attached hydrogens (tertiary/aromatic N) is 4. The van der Waals surface area contributed by atoms with Crippen LogP contribution in [0.2, 0.25) is 0 Å². The summed E-state index contributed by atoms with van der Waals surface area (Å²) in [5.74, 6) is -0.0437. The van der Waals surface area contributed by atoms with E-state index in [0.717, 1.165) is 48.0 Å². The first-order chi connectivity index (χ1) is 12.8. The molecule has 7 nitrogen and oxygen atoms in total. The molecule has 0 aromatic carbocycles. The summed E-state index contributed by atoms with van der Waals surface area (Å²) >= 11 is 0. The van der Waals surface area contributed by atoms with Crippen LogP contribution in [0.3, 0.4) is 0 Å². The maximum atomic E-state index is 13.0. The number of aromatic amines is 2. The molecule has 1 aliphatic rings. The predicted molar refractivity (Wildman–Crippen MR) is 101 cm³/mol. The van der Waals surface area contributed by atoms with Crippen LogP contribution in [0.1, 0.15) is 45.4 Å². The molecule has 4 rings (SSSR count). The van der Waals surface area contributed by atoms with Crippen molar-refractivity contribution in [1.82, 2.24) is 24.8 Å². The first-order valence-electron chi connectivity index (χ1n) is 8.92. The van der Waals surface area contributed by atoms with E-state index < -0.39 is 0 Å². The van der Waals surface area contributed by atoms with E-state index >= 15 is 0 Å². The second kappa shape index (κ2) is 7.00. The Morgan fingerprint density at radius 3 is 3.00 bits per heavy atom. The number of fused-ring (bicyclic) bond motifs is 1. The fourth-order valence-corrected chi connectivity index (χ4v) is 3.75. The van der Waals surface area contributed by atoms with Crippen molar-refractivity contribution in [3.63, 3.8) is 0 Å². The normalized spacial score (nSPS) is 14.6. The molecule has 0 aliphatic heterocycles. The molecule has 1 fully saturated rings. The zero-order chi connectivity index (χ0) is 17.9. The Balaban J connectivity index is 0.00000140. The molecule has 1 saturated carbocycles. The molecule has 0 atom stereocenters. The lowest BCUT2D eigenvalue weighted by molar-refractivity contribution is 0.0681. The summed E-state index contributed by atoms with van der Waals surface area (Å²) < 4.78 is 0. The summed E-state index contributed by atoms with van der Waals surface area (Å²) in [6.07, 6.45) is 9.81. The van der Waals surface area contributed by atoms with Crippen LogP contribution in [0.5, 0.6) is 0 Å². The zero-order valence-electron chi connectivity index (χ0n) is 14.4. The number of hydrogen-bond acceptors (Lipinski definition) is 4. The third-order valence-corrected chi connectivity index (χ3v) is 5.03. The molecular weight excluding hydrogens is 328 g/mol. The molecule has 0 radical (unpaired) electrons. The van der Waals surface area contributed by atoms with Gasteiger partial charge in [-0.2, -0.15) is 5.26 Å². The third kappa shape index (κ3) is 2.94. The van der Waals surface area contributed by atoms with Crippen molar-refractivity contribution in [2.45, 2.75) is 38.1 Å². The largest absolute Gasteiger partial charge is 0.357 e. The van der Waals surface area contributed by atoms with Gasteiger partial charge in [-0.25, -0.2) is 9.97 Å². The monoisotopic (exact) mass is 352 g/mol. The minimum atomic E-state index is -0.0437. The van der Waals surface area contributed by atoms with E-state index in [1.165, 1.54) is 6.33 Å². The Morgan fingerprint density at radius 1 is 1.35 bits per heavy atom. The van der Waals surface area contributed by atoms with Crippen LogP contribution in [0.4, 0.5) is 0 Å². The minimum Gasteiger partial charge on any atom is -0.357 e. The Bertz CT molecular complexity index is 970. The molecule has 0 bridgehead atoms. The van der Waals surface area contributed by atoms with Crippen LogP contribution < -0.4 is 0 Å². The van der Waals surface area contributed by atoms with Gasteiger partial charge in [-0.1, -0.05) is 12.8 Å². The van der Waals surface area contributed by atoms with Crippen molar-refractivity contribution >= 4 is 16.9 Å². The van der Waals surface area contributed by atoms with Crippen LogP contribution in [0.25, 0.3) is 22.3 Å². The summed E-state index contributed by atoms with van der Waals surface area (Å²) in [6.45, 7) is 0.476. The summed E-state index contributed by atoms with van der Waals surface area (Å²) in [6, 6.07) is 6.15. The zero-order valence-corrected chi connectivity index (χ0v) is 14.4. The average molecular weight is 352 g/mol. The number of rotatable bonds is 5. The second-order valence-corrected chi connectivity index (χ2v) is 6.61. The van der Waals surface area contributed by atoms with Gasteiger partial charge in [0.05, 0.1) is 18.2 Å². The smallest absolute Gasteiger partial charge is 0.270 e. The number of amides is 1. The quantitative estimate of drug-likeness (QED) is 0.730. The van der Waals surface area contributed by atoms with Crippen molar-refractivity contribution in [3.05, 3.63) is 36.5 Å². The number of H-pyrrole nitrogens is 2. The Kier molecular flexibility index (Phi) is 4.40. The first kappa shape index (κ1) is 16.3. The van der Waals surface area contributed by atoms with E-state index in [9.17, 15) is 4.79 Å². The van der Waals surface area contributed by atoms with Gasteiger partial charge in [-0.05, 0) is 25.0 Å². The fourth-order valence-electron chi connectivity index (χ4n) is 3.75. The molecule has 3 heterocycles. The van der Waals surface area contributed by atoms with Crippen LogP contribution in [0.15, 0.2) is 30.9 Å². The van der Waals surface area contributed by atoms with E-state index in [1.807, 2.05) is 23.2 Å². The van der Waals surface area contributed by atoms with Crippen molar-refractivity contribution in [3.8, 4) is 17.3 Å². The molecule has 136 valence electrons. The van der Waals surface area contributed by atoms with Crippen molar-refractivity contribution in [2.24, 2.45) is 0 Å². The lowest BCUT2D eigenvalue weighted by Crippen LogP contribution is -2.39. The second-order valence-electron chi connectivity index (χ2n) is 6.61. The number of carbonyl (C=O) groups is 1. The molecule has 26 heavy (non-hydrogen) atoms. The summed E-state index contributed by atoms with van der Waals surface area (Å²) in [5.41, 5.74) is 2.95. The van der Waals surface area contributed by atoms with Gasteiger partial charge >= 0.3 is 0 Å². The highest BCUT2D eigenvalue weighted by Gasteiger charge is 2.28. The molecule has 3 aromatic rings. The molecule has 1 amide bonds. The topological polar surface area (TPSA) is 101 Å². The van der Waals surface area contributed by atoms with E-state index in [-0.39, 0.29) is 14.8 Å². The maximum absolute atomic E-state index is 13.0. The number of nitriles is 1. The van der Waals surface area contributed by atoms with Crippen LogP contribution >= 0.6 is 0 Å². The van der Waals surface area contributed by atoms with Gasteiger partial charge < -0.3 is 14.9 Å². The molecule has 3 aromatic heterocycles. The number of aromatic nitrogens is 4. The van der Waals surface area contributed by atoms with Crippen LogP contribution in [-0.4, -0.2) is 43.3 Å². The average Bonchev–Trinajstić information content (AvgIpc) is 3.41. The van der Waals surface area contributed by atoms with Gasteiger partial charge in [0.2, 0.25) is 0 Å². The molecule has 1 aliphatic carbocycles. The predicted octanol–water partition coefficient (Wildman–Crippen LogP) is 3.74. The lowest BCUT2D eigenvalue weighted by atomic mass is 10.1. The SMILES string of the molecule is N#CCCN(C(=O)c1cc(-c2ncnc3[nH]ccc23)c[nH]1)C1CCCC1.[HH].[HH]. The standard InChI is InChI=1S/C19H20N6O.2H2/c20-7-3-9-25(14-4-1-2-5-14)19(26)16-10-13(11-22-16)17-15-6-8-21-18(15)24-12-23-17;;/h6,8,10-12,14,22H,1-5,9H2,(H,21,23,24);2*1H. The molecule has 7 heteroatoms. The lowest BCUT2D eigenvalue weighted by Gasteiger charge is -2.27. The van der Waals surface area contributed by atoms with Gasteiger partial charge in [-0.15, -0.1) is 0 Å². The summed E-state index contributed by atoms with van der Waals surface area (Å²) in [7, 11) is 0. The van der Waals surface area contributed by atoms with Gasteiger partial charge in [0.25, 0.3) is 5.91 Å². The maximum Gasteiger partial charge on any atom is 0.270 e. The first-order valence-corrected chi connectivity index (χ1v) is 8.92. The number of nitrogens with one attached hydrogen (secondary N) is 2. The van der Waals surface area contributed by atoms with E-state index in [0.29, 0.717) is 18.7 Å². The van der Waals surface area contributed by atoms with E-state index in [2.05, 4.69) is 26.0 Å². The van der Waals surface area contributed by atoms with Gasteiger partial charge in [-0.3, -0.25) is 4.79 Å². The number of carbonyl (C=O) groups excluding carboxylic acids is 1.